The number of carboxylic acids is 1. The number of aromatic carboxylic acids is 1. The Balaban J connectivity index is 2.79. The van der Waals surface area contributed by atoms with Gasteiger partial charge < -0.3 is 5.11 Å². The summed E-state index contributed by atoms with van der Waals surface area (Å²) >= 11 is 0. The largest absolute Gasteiger partial charge is 0.478 e. The number of rotatable bonds is 5. The fourth-order valence-electron chi connectivity index (χ4n) is 1.49. The highest BCUT2D eigenvalue weighted by molar-refractivity contribution is 7.85. The Labute approximate surface area is 100 Å². The molecule has 6 heteroatoms. The van der Waals surface area contributed by atoms with Crippen molar-refractivity contribution in [3.63, 3.8) is 0 Å². The van der Waals surface area contributed by atoms with Crippen LogP contribution < -0.4 is 0 Å². The lowest BCUT2D eigenvalue weighted by atomic mass is 10.0. The molecule has 0 heterocycles. The van der Waals surface area contributed by atoms with Crippen molar-refractivity contribution in [3.8, 4) is 0 Å². The Morgan fingerprint density at radius 1 is 1.41 bits per heavy atom. The zero-order valence-electron chi connectivity index (χ0n) is 9.63. The molecule has 0 bridgehead atoms. The molecule has 1 aromatic rings. The lowest BCUT2D eigenvalue weighted by Gasteiger charge is -2.08. The third kappa shape index (κ3) is 4.16. The van der Waals surface area contributed by atoms with E-state index in [1.807, 2.05) is 0 Å². The van der Waals surface area contributed by atoms with Crippen molar-refractivity contribution in [2.45, 2.75) is 13.3 Å². The Morgan fingerprint density at radius 3 is 2.59 bits per heavy atom. The molecular formula is C11H14O5S. The van der Waals surface area contributed by atoms with E-state index < -0.39 is 16.1 Å². The van der Waals surface area contributed by atoms with Gasteiger partial charge >= 0.3 is 5.97 Å². The Kier molecular flexibility index (Phi) is 4.25. The van der Waals surface area contributed by atoms with Gasteiger partial charge in [0.1, 0.15) is 0 Å². The predicted octanol–water partition coefficient (Wildman–Crippen LogP) is 1.21. The van der Waals surface area contributed by atoms with Gasteiger partial charge in [0.15, 0.2) is 0 Å². The van der Waals surface area contributed by atoms with Gasteiger partial charge in [-0.1, -0.05) is 12.1 Å². The summed E-state index contributed by atoms with van der Waals surface area (Å²) in [7, 11) is -3.45. The van der Waals surface area contributed by atoms with Crippen molar-refractivity contribution in [2.75, 3.05) is 12.9 Å². The van der Waals surface area contributed by atoms with E-state index in [2.05, 4.69) is 4.18 Å². The molecule has 0 unspecified atom stereocenters. The van der Waals surface area contributed by atoms with Crippen molar-refractivity contribution in [1.82, 2.24) is 0 Å². The zero-order chi connectivity index (χ0) is 13.1. The van der Waals surface area contributed by atoms with E-state index in [4.69, 9.17) is 5.11 Å². The first kappa shape index (κ1) is 13.7. The molecule has 0 amide bonds. The summed E-state index contributed by atoms with van der Waals surface area (Å²) in [4.78, 5) is 10.9. The smallest absolute Gasteiger partial charge is 0.335 e. The van der Waals surface area contributed by atoms with Crippen LogP contribution in [0.2, 0.25) is 0 Å². The van der Waals surface area contributed by atoms with Crippen LogP contribution in [0, 0.1) is 6.92 Å². The summed E-state index contributed by atoms with van der Waals surface area (Å²) < 4.78 is 26.1. The van der Waals surface area contributed by atoms with E-state index in [1.54, 1.807) is 19.1 Å². The third-order valence-corrected chi connectivity index (χ3v) is 2.94. The van der Waals surface area contributed by atoms with Crippen molar-refractivity contribution in [2.24, 2.45) is 0 Å². The number of carbonyl (C=O) groups is 1. The van der Waals surface area contributed by atoms with E-state index in [1.165, 1.54) is 6.07 Å². The summed E-state index contributed by atoms with van der Waals surface area (Å²) in [5.41, 5.74) is 1.63. The van der Waals surface area contributed by atoms with Crippen LogP contribution in [-0.4, -0.2) is 32.4 Å². The molecule has 0 saturated heterocycles. The molecule has 94 valence electrons. The molecule has 0 spiro atoms. The molecule has 1 aromatic carbocycles. The van der Waals surface area contributed by atoms with Crippen molar-refractivity contribution < 1.29 is 22.5 Å². The standard InChI is InChI=1S/C11H14O5S/c1-8-9(6-7-16-17(2,14)15)4-3-5-10(8)11(12)13/h3-5H,6-7H2,1-2H3,(H,12,13). The van der Waals surface area contributed by atoms with Crippen LogP contribution in [-0.2, 0) is 20.7 Å². The second-order valence-corrected chi connectivity index (χ2v) is 5.31. The summed E-state index contributed by atoms with van der Waals surface area (Å²) in [5, 5.41) is 8.92. The molecule has 1 N–H and O–H groups in total. The third-order valence-electron chi connectivity index (χ3n) is 2.35. The maximum absolute atomic E-state index is 10.9. The van der Waals surface area contributed by atoms with Crippen LogP contribution in [0.15, 0.2) is 18.2 Å². The highest BCUT2D eigenvalue weighted by Crippen LogP contribution is 2.14. The summed E-state index contributed by atoms with van der Waals surface area (Å²) in [6.45, 7) is 1.71. The average Bonchev–Trinajstić information content (AvgIpc) is 2.18. The molecule has 0 aromatic heterocycles. The van der Waals surface area contributed by atoms with Gasteiger partial charge in [0.05, 0.1) is 18.4 Å². The minimum atomic E-state index is -3.45. The lowest BCUT2D eigenvalue weighted by molar-refractivity contribution is 0.0696. The molecule has 0 aliphatic carbocycles. The first-order valence-electron chi connectivity index (χ1n) is 4.97. The molecule has 5 nitrogen and oxygen atoms in total. The summed E-state index contributed by atoms with van der Waals surface area (Å²) in [6.07, 6.45) is 1.34. The summed E-state index contributed by atoms with van der Waals surface area (Å²) in [5.74, 6) is -0.992. The van der Waals surface area contributed by atoms with Crippen LogP contribution in [0.4, 0.5) is 0 Å². The number of hydrogen-bond donors (Lipinski definition) is 1. The lowest BCUT2D eigenvalue weighted by Crippen LogP contribution is -2.08. The van der Waals surface area contributed by atoms with Gasteiger partial charge in [0, 0.05) is 0 Å². The number of carboxylic acid groups (broad SMARTS) is 1. The van der Waals surface area contributed by atoms with Gasteiger partial charge in [-0.2, -0.15) is 8.42 Å². The monoisotopic (exact) mass is 258 g/mol. The van der Waals surface area contributed by atoms with Crippen molar-refractivity contribution >= 4 is 16.1 Å². The van der Waals surface area contributed by atoms with Gasteiger partial charge in [0.2, 0.25) is 0 Å². The van der Waals surface area contributed by atoms with Crippen LogP contribution in [0.3, 0.4) is 0 Å². The first-order chi connectivity index (χ1) is 7.81. The normalized spacial score (nSPS) is 11.4. The predicted molar refractivity (Wildman–Crippen MR) is 62.6 cm³/mol. The molecule has 0 radical (unpaired) electrons. The molecule has 0 saturated carbocycles. The van der Waals surface area contributed by atoms with Gasteiger partial charge in [-0.3, -0.25) is 4.18 Å². The second-order valence-electron chi connectivity index (χ2n) is 3.67. The van der Waals surface area contributed by atoms with Gasteiger partial charge in [-0.05, 0) is 30.5 Å². The molecule has 0 atom stereocenters. The highest BCUT2D eigenvalue weighted by atomic mass is 32.2. The Bertz CT molecular complexity index is 519. The molecular weight excluding hydrogens is 244 g/mol. The zero-order valence-corrected chi connectivity index (χ0v) is 10.5. The van der Waals surface area contributed by atoms with Crippen LogP contribution in [0.1, 0.15) is 21.5 Å². The van der Waals surface area contributed by atoms with Crippen LogP contribution in [0.5, 0.6) is 0 Å². The maximum atomic E-state index is 10.9. The SMILES string of the molecule is Cc1c(CCOS(C)(=O)=O)cccc1C(=O)O. The van der Waals surface area contributed by atoms with Crippen LogP contribution in [0.25, 0.3) is 0 Å². The summed E-state index contributed by atoms with van der Waals surface area (Å²) in [6, 6.07) is 4.90. The van der Waals surface area contributed by atoms with Gasteiger partial charge in [-0.25, -0.2) is 4.79 Å². The first-order valence-corrected chi connectivity index (χ1v) is 6.79. The molecule has 0 aliphatic rings. The van der Waals surface area contributed by atoms with E-state index in [0.717, 1.165) is 11.8 Å². The molecule has 0 aliphatic heterocycles. The van der Waals surface area contributed by atoms with E-state index >= 15 is 0 Å². The fourth-order valence-corrected chi connectivity index (χ4v) is 1.88. The molecule has 1 rings (SSSR count). The maximum Gasteiger partial charge on any atom is 0.335 e. The highest BCUT2D eigenvalue weighted by Gasteiger charge is 2.10. The Hall–Kier alpha value is -1.40. The van der Waals surface area contributed by atoms with E-state index in [9.17, 15) is 13.2 Å². The second kappa shape index (κ2) is 5.29. The minimum absolute atomic E-state index is 0.0166. The number of hydrogen-bond acceptors (Lipinski definition) is 4. The van der Waals surface area contributed by atoms with Crippen molar-refractivity contribution in [3.05, 3.63) is 34.9 Å². The molecule has 0 fully saturated rings. The minimum Gasteiger partial charge on any atom is -0.478 e. The Morgan fingerprint density at radius 2 is 2.06 bits per heavy atom. The molecule has 17 heavy (non-hydrogen) atoms. The quantitative estimate of drug-likeness (QED) is 0.803. The fraction of sp³-hybridized carbons (Fsp3) is 0.364. The topological polar surface area (TPSA) is 80.7 Å². The number of benzene rings is 1. The van der Waals surface area contributed by atoms with Crippen LogP contribution >= 0.6 is 0 Å². The van der Waals surface area contributed by atoms with Gasteiger partial charge in [0.25, 0.3) is 10.1 Å². The van der Waals surface area contributed by atoms with E-state index in [-0.39, 0.29) is 12.2 Å². The van der Waals surface area contributed by atoms with Gasteiger partial charge in [-0.15, -0.1) is 0 Å². The van der Waals surface area contributed by atoms with E-state index in [0.29, 0.717) is 12.0 Å². The average molecular weight is 258 g/mol. The van der Waals surface area contributed by atoms with Crippen molar-refractivity contribution in [1.29, 1.82) is 0 Å².